The molecule has 2 aromatic rings. The molecule has 1 aromatic carbocycles. The lowest BCUT2D eigenvalue weighted by molar-refractivity contribution is -0.121. The molecule has 4 N–H and O–H groups in total. The summed E-state index contributed by atoms with van der Waals surface area (Å²) in [4.78, 5) is 14.6. The first-order valence-electron chi connectivity index (χ1n) is 5.97. The molecule has 2 rings (SSSR count). The second kappa shape index (κ2) is 5.91. The van der Waals surface area contributed by atoms with Gasteiger partial charge in [0.25, 0.3) is 0 Å². The Morgan fingerprint density at radius 2 is 1.94 bits per heavy atom. The predicted octanol–water partition coefficient (Wildman–Crippen LogP) is 1.85. The molecule has 1 aromatic heterocycles. The molecule has 0 spiro atoms. The molecule has 0 fully saturated rings. The number of rotatable bonds is 5. The van der Waals surface area contributed by atoms with E-state index in [1.807, 2.05) is 42.7 Å². The Kier molecular flexibility index (Phi) is 4.02. The van der Waals surface area contributed by atoms with Gasteiger partial charge >= 0.3 is 0 Å². The summed E-state index contributed by atoms with van der Waals surface area (Å²) in [6.45, 7) is 0.573. The maximum atomic E-state index is 11.6. The first kappa shape index (κ1) is 12.2. The minimum absolute atomic E-state index is 0.0630. The number of nitrogen functional groups attached to an aromatic ring is 1. The Labute approximate surface area is 106 Å². The zero-order valence-electron chi connectivity index (χ0n) is 10.1. The Hall–Kier alpha value is -2.23. The molecule has 0 aliphatic rings. The highest BCUT2D eigenvalue weighted by Crippen LogP contribution is 2.07. The van der Waals surface area contributed by atoms with Gasteiger partial charge in [-0.3, -0.25) is 4.79 Å². The molecule has 1 amide bonds. The van der Waals surface area contributed by atoms with Gasteiger partial charge in [0.15, 0.2) is 0 Å². The monoisotopic (exact) mass is 243 g/mol. The van der Waals surface area contributed by atoms with Crippen molar-refractivity contribution in [3.63, 3.8) is 0 Å². The van der Waals surface area contributed by atoms with E-state index in [0.717, 1.165) is 23.2 Å². The Bertz CT molecular complexity index is 488. The van der Waals surface area contributed by atoms with Gasteiger partial charge in [0, 0.05) is 31.0 Å². The molecule has 0 aliphatic heterocycles. The third kappa shape index (κ3) is 3.66. The van der Waals surface area contributed by atoms with Gasteiger partial charge in [0.05, 0.1) is 0 Å². The highest BCUT2D eigenvalue weighted by Gasteiger charge is 2.02. The second-order valence-electron chi connectivity index (χ2n) is 4.24. The summed E-state index contributed by atoms with van der Waals surface area (Å²) in [7, 11) is 0. The van der Waals surface area contributed by atoms with E-state index in [1.54, 1.807) is 0 Å². The van der Waals surface area contributed by atoms with Crippen LogP contribution in [0.15, 0.2) is 42.7 Å². The molecule has 0 unspecified atom stereocenters. The van der Waals surface area contributed by atoms with E-state index in [4.69, 9.17) is 5.73 Å². The van der Waals surface area contributed by atoms with E-state index >= 15 is 0 Å². The summed E-state index contributed by atoms with van der Waals surface area (Å²) in [6.07, 6.45) is 4.95. The zero-order valence-corrected chi connectivity index (χ0v) is 10.1. The number of hydrogen-bond donors (Lipinski definition) is 3. The minimum Gasteiger partial charge on any atom is -0.399 e. The van der Waals surface area contributed by atoms with E-state index in [2.05, 4.69) is 10.3 Å². The number of benzene rings is 1. The summed E-state index contributed by atoms with van der Waals surface area (Å²) in [6, 6.07) is 9.56. The number of hydrogen-bond acceptors (Lipinski definition) is 2. The van der Waals surface area contributed by atoms with Crippen molar-refractivity contribution in [2.45, 2.75) is 19.4 Å². The lowest BCUT2D eigenvalue weighted by Crippen LogP contribution is -2.22. The maximum Gasteiger partial charge on any atom is 0.220 e. The van der Waals surface area contributed by atoms with Crippen molar-refractivity contribution in [1.82, 2.24) is 10.3 Å². The van der Waals surface area contributed by atoms with Crippen molar-refractivity contribution in [1.29, 1.82) is 0 Å². The molecule has 18 heavy (non-hydrogen) atoms. The Balaban J connectivity index is 1.73. The average molecular weight is 243 g/mol. The van der Waals surface area contributed by atoms with Crippen molar-refractivity contribution in [3.05, 3.63) is 53.9 Å². The number of carbonyl (C=O) groups is 1. The van der Waals surface area contributed by atoms with Crippen LogP contribution in [0.1, 0.15) is 17.5 Å². The van der Waals surface area contributed by atoms with Gasteiger partial charge in [0.1, 0.15) is 0 Å². The highest BCUT2D eigenvalue weighted by molar-refractivity contribution is 5.76. The SMILES string of the molecule is Nc1ccc(CCC(=O)NCc2cc[nH]c2)cc1. The van der Waals surface area contributed by atoms with Crippen LogP contribution in [0.5, 0.6) is 0 Å². The first-order chi connectivity index (χ1) is 8.74. The predicted molar refractivity (Wildman–Crippen MR) is 71.8 cm³/mol. The lowest BCUT2D eigenvalue weighted by Gasteiger charge is -2.04. The van der Waals surface area contributed by atoms with Crippen LogP contribution in [0.3, 0.4) is 0 Å². The highest BCUT2D eigenvalue weighted by atomic mass is 16.1. The summed E-state index contributed by atoms with van der Waals surface area (Å²) in [5, 5.41) is 2.88. The minimum atomic E-state index is 0.0630. The number of aryl methyl sites for hydroxylation is 1. The van der Waals surface area contributed by atoms with Crippen LogP contribution in [0, 0.1) is 0 Å². The smallest absolute Gasteiger partial charge is 0.220 e. The van der Waals surface area contributed by atoms with Crippen LogP contribution in [0.2, 0.25) is 0 Å². The number of anilines is 1. The largest absolute Gasteiger partial charge is 0.399 e. The van der Waals surface area contributed by atoms with E-state index in [1.165, 1.54) is 0 Å². The Morgan fingerprint density at radius 1 is 1.17 bits per heavy atom. The second-order valence-corrected chi connectivity index (χ2v) is 4.24. The number of H-pyrrole nitrogens is 1. The number of nitrogens with one attached hydrogen (secondary N) is 2. The van der Waals surface area contributed by atoms with Crippen LogP contribution in [-0.2, 0) is 17.8 Å². The molecule has 0 saturated heterocycles. The molecule has 4 nitrogen and oxygen atoms in total. The summed E-state index contributed by atoms with van der Waals surface area (Å²) in [5.74, 6) is 0.0630. The molecular formula is C14H17N3O. The fourth-order valence-corrected chi connectivity index (χ4v) is 1.70. The molecule has 0 bridgehead atoms. The number of nitrogens with two attached hydrogens (primary N) is 1. The topological polar surface area (TPSA) is 70.9 Å². The maximum absolute atomic E-state index is 11.6. The standard InChI is InChI=1S/C14H17N3O/c15-13-4-1-11(2-5-13)3-6-14(18)17-10-12-7-8-16-9-12/h1-2,4-5,7-9,16H,3,6,10,15H2,(H,17,18). The summed E-state index contributed by atoms with van der Waals surface area (Å²) < 4.78 is 0. The van der Waals surface area contributed by atoms with Crippen molar-refractivity contribution in [2.75, 3.05) is 5.73 Å². The number of carbonyl (C=O) groups excluding carboxylic acids is 1. The fourth-order valence-electron chi connectivity index (χ4n) is 1.70. The zero-order chi connectivity index (χ0) is 12.8. The van der Waals surface area contributed by atoms with Gasteiger partial charge in [-0.25, -0.2) is 0 Å². The van der Waals surface area contributed by atoms with Crippen molar-refractivity contribution >= 4 is 11.6 Å². The molecule has 1 heterocycles. The van der Waals surface area contributed by atoms with Crippen LogP contribution in [-0.4, -0.2) is 10.9 Å². The molecule has 0 atom stereocenters. The van der Waals surface area contributed by atoms with E-state index in [9.17, 15) is 4.79 Å². The number of aromatic nitrogens is 1. The summed E-state index contributed by atoms with van der Waals surface area (Å²) in [5.41, 5.74) is 8.55. The normalized spacial score (nSPS) is 10.2. The van der Waals surface area contributed by atoms with E-state index < -0.39 is 0 Å². The molecule has 0 aliphatic carbocycles. The van der Waals surface area contributed by atoms with Gasteiger partial charge in [-0.05, 0) is 35.7 Å². The summed E-state index contributed by atoms with van der Waals surface area (Å²) >= 11 is 0. The molecule has 94 valence electrons. The molecular weight excluding hydrogens is 226 g/mol. The average Bonchev–Trinajstić information content (AvgIpc) is 2.89. The third-order valence-electron chi connectivity index (χ3n) is 2.77. The Morgan fingerprint density at radius 3 is 2.61 bits per heavy atom. The van der Waals surface area contributed by atoms with Gasteiger partial charge in [-0.2, -0.15) is 0 Å². The fraction of sp³-hybridized carbons (Fsp3) is 0.214. The van der Waals surface area contributed by atoms with Crippen molar-refractivity contribution < 1.29 is 4.79 Å². The molecule has 0 saturated carbocycles. The van der Waals surface area contributed by atoms with Crippen LogP contribution in [0.4, 0.5) is 5.69 Å². The van der Waals surface area contributed by atoms with Gasteiger partial charge in [0.2, 0.25) is 5.91 Å². The van der Waals surface area contributed by atoms with E-state index in [-0.39, 0.29) is 5.91 Å². The van der Waals surface area contributed by atoms with Gasteiger partial charge in [-0.15, -0.1) is 0 Å². The molecule has 4 heteroatoms. The molecule has 0 radical (unpaired) electrons. The number of amides is 1. The van der Waals surface area contributed by atoms with Crippen molar-refractivity contribution in [2.24, 2.45) is 0 Å². The third-order valence-corrected chi connectivity index (χ3v) is 2.77. The van der Waals surface area contributed by atoms with Gasteiger partial charge < -0.3 is 16.0 Å². The van der Waals surface area contributed by atoms with Crippen LogP contribution in [0.25, 0.3) is 0 Å². The van der Waals surface area contributed by atoms with E-state index in [0.29, 0.717) is 13.0 Å². The first-order valence-corrected chi connectivity index (χ1v) is 5.97. The van der Waals surface area contributed by atoms with Crippen LogP contribution >= 0.6 is 0 Å². The lowest BCUT2D eigenvalue weighted by atomic mass is 10.1. The van der Waals surface area contributed by atoms with Gasteiger partial charge in [-0.1, -0.05) is 12.1 Å². The van der Waals surface area contributed by atoms with Crippen molar-refractivity contribution in [3.8, 4) is 0 Å². The number of aromatic amines is 1. The van der Waals surface area contributed by atoms with Crippen LogP contribution < -0.4 is 11.1 Å². The quantitative estimate of drug-likeness (QED) is 0.701.